The highest BCUT2D eigenvalue weighted by Gasteiger charge is 2.25. The normalized spacial score (nSPS) is 16.8. The van der Waals surface area contributed by atoms with E-state index in [1.165, 1.54) is 0 Å². The zero-order chi connectivity index (χ0) is 19.3. The molecule has 1 atom stereocenters. The van der Waals surface area contributed by atoms with Crippen LogP contribution in [0.5, 0.6) is 5.75 Å². The molecule has 0 unspecified atom stereocenters. The summed E-state index contributed by atoms with van der Waals surface area (Å²) in [6.45, 7) is 2.10. The van der Waals surface area contributed by atoms with Crippen molar-refractivity contribution >= 4 is 5.91 Å². The SMILES string of the molecule is COc1ccc(C(=O)N2CCC[C@@H](Cn3nnc(-c4cccnc4)n3)C2)cc1. The van der Waals surface area contributed by atoms with Gasteiger partial charge in [0.25, 0.3) is 5.91 Å². The molecular weight excluding hydrogens is 356 g/mol. The van der Waals surface area contributed by atoms with Crippen molar-refractivity contribution in [3.05, 3.63) is 54.4 Å². The number of rotatable bonds is 5. The van der Waals surface area contributed by atoms with Crippen LogP contribution >= 0.6 is 0 Å². The van der Waals surface area contributed by atoms with Gasteiger partial charge in [-0.05, 0) is 60.4 Å². The molecule has 2 aromatic heterocycles. The fourth-order valence-electron chi connectivity index (χ4n) is 3.48. The van der Waals surface area contributed by atoms with Crippen LogP contribution in [0.3, 0.4) is 0 Å². The van der Waals surface area contributed by atoms with Crippen molar-refractivity contribution in [2.24, 2.45) is 5.92 Å². The van der Waals surface area contributed by atoms with Gasteiger partial charge in [0.15, 0.2) is 0 Å². The maximum absolute atomic E-state index is 12.8. The summed E-state index contributed by atoms with van der Waals surface area (Å²) >= 11 is 0. The summed E-state index contributed by atoms with van der Waals surface area (Å²) < 4.78 is 5.16. The average Bonchev–Trinajstić information content (AvgIpc) is 3.22. The average molecular weight is 378 g/mol. The van der Waals surface area contributed by atoms with Gasteiger partial charge in [0.05, 0.1) is 13.7 Å². The number of hydrogen-bond acceptors (Lipinski definition) is 6. The molecule has 0 radical (unpaired) electrons. The smallest absolute Gasteiger partial charge is 0.253 e. The number of hydrogen-bond donors (Lipinski definition) is 0. The summed E-state index contributed by atoms with van der Waals surface area (Å²) in [5, 5.41) is 12.7. The number of aromatic nitrogens is 5. The predicted molar refractivity (Wildman–Crippen MR) is 103 cm³/mol. The van der Waals surface area contributed by atoms with E-state index in [1.54, 1.807) is 24.3 Å². The second kappa shape index (κ2) is 8.16. The maximum Gasteiger partial charge on any atom is 0.253 e. The lowest BCUT2D eigenvalue weighted by Crippen LogP contribution is -2.41. The van der Waals surface area contributed by atoms with Crippen molar-refractivity contribution in [2.45, 2.75) is 19.4 Å². The molecule has 0 bridgehead atoms. The molecule has 0 saturated carbocycles. The van der Waals surface area contributed by atoms with Crippen molar-refractivity contribution in [3.63, 3.8) is 0 Å². The number of carbonyl (C=O) groups excluding carboxylic acids is 1. The summed E-state index contributed by atoms with van der Waals surface area (Å²) in [4.78, 5) is 20.4. The summed E-state index contributed by atoms with van der Waals surface area (Å²) in [5.74, 6) is 1.66. The van der Waals surface area contributed by atoms with Crippen LogP contribution in [-0.2, 0) is 6.54 Å². The van der Waals surface area contributed by atoms with Gasteiger partial charge in [0, 0.05) is 36.6 Å². The van der Waals surface area contributed by atoms with Gasteiger partial charge in [-0.25, -0.2) is 0 Å². The zero-order valence-corrected chi connectivity index (χ0v) is 15.7. The van der Waals surface area contributed by atoms with Crippen LogP contribution in [0.1, 0.15) is 23.2 Å². The van der Waals surface area contributed by atoms with Gasteiger partial charge in [-0.3, -0.25) is 9.78 Å². The van der Waals surface area contributed by atoms with Crippen LogP contribution in [0.25, 0.3) is 11.4 Å². The molecule has 8 heteroatoms. The molecule has 1 fully saturated rings. The highest BCUT2D eigenvalue weighted by atomic mass is 16.5. The largest absolute Gasteiger partial charge is 0.497 e. The number of pyridine rings is 1. The fraction of sp³-hybridized carbons (Fsp3) is 0.350. The third kappa shape index (κ3) is 4.00. The maximum atomic E-state index is 12.8. The number of amides is 1. The van der Waals surface area contributed by atoms with Gasteiger partial charge in [-0.2, -0.15) is 4.80 Å². The summed E-state index contributed by atoms with van der Waals surface area (Å²) in [5.41, 5.74) is 1.52. The Balaban J connectivity index is 1.40. The number of benzene rings is 1. The van der Waals surface area contributed by atoms with Crippen molar-refractivity contribution in [1.82, 2.24) is 30.1 Å². The van der Waals surface area contributed by atoms with Gasteiger partial charge in [0.1, 0.15) is 5.75 Å². The van der Waals surface area contributed by atoms with Crippen molar-refractivity contribution < 1.29 is 9.53 Å². The second-order valence-electron chi connectivity index (χ2n) is 6.90. The van der Waals surface area contributed by atoms with Gasteiger partial charge in [-0.15, -0.1) is 10.2 Å². The minimum Gasteiger partial charge on any atom is -0.497 e. The number of tetrazole rings is 1. The lowest BCUT2D eigenvalue weighted by atomic mass is 9.97. The van der Waals surface area contributed by atoms with E-state index in [0.717, 1.165) is 30.7 Å². The molecule has 0 spiro atoms. The zero-order valence-electron chi connectivity index (χ0n) is 15.7. The Morgan fingerprint density at radius 2 is 2.11 bits per heavy atom. The number of carbonyl (C=O) groups is 1. The van der Waals surface area contributed by atoms with E-state index in [1.807, 2.05) is 41.3 Å². The molecule has 3 aromatic rings. The van der Waals surface area contributed by atoms with E-state index in [0.29, 0.717) is 30.4 Å². The summed E-state index contributed by atoms with van der Waals surface area (Å²) in [6, 6.07) is 11.0. The van der Waals surface area contributed by atoms with Crippen LogP contribution in [0.2, 0.25) is 0 Å². The Hall–Kier alpha value is -3.29. The molecule has 144 valence electrons. The first kappa shape index (κ1) is 18.1. The third-order valence-electron chi connectivity index (χ3n) is 4.94. The van der Waals surface area contributed by atoms with Crippen LogP contribution in [-0.4, -0.2) is 56.2 Å². The Kier molecular flexibility index (Phi) is 5.27. The van der Waals surface area contributed by atoms with E-state index in [9.17, 15) is 4.79 Å². The topological polar surface area (TPSA) is 86.0 Å². The molecule has 1 amide bonds. The molecule has 0 N–H and O–H groups in total. The van der Waals surface area contributed by atoms with Crippen molar-refractivity contribution in [3.8, 4) is 17.1 Å². The van der Waals surface area contributed by atoms with Gasteiger partial charge in [0.2, 0.25) is 5.82 Å². The van der Waals surface area contributed by atoms with Crippen molar-refractivity contribution in [2.75, 3.05) is 20.2 Å². The van der Waals surface area contributed by atoms with Crippen LogP contribution < -0.4 is 4.74 Å². The number of methoxy groups -OCH3 is 1. The molecule has 3 heterocycles. The first-order valence-corrected chi connectivity index (χ1v) is 9.34. The number of ether oxygens (including phenoxy) is 1. The first-order chi connectivity index (χ1) is 13.7. The molecular formula is C20H22N6O2. The van der Waals surface area contributed by atoms with Crippen LogP contribution in [0, 0.1) is 5.92 Å². The molecule has 28 heavy (non-hydrogen) atoms. The lowest BCUT2D eigenvalue weighted by molar-refractivity contribution is 0.0656. The van der Waals surface area contributed by atoms with Crippen molar-refractivity contribution in [1.29, 1.82) is 0 Å². The van der Waals surface area contributed by atoms with E-state index >= 15 is 0 Å². The molecule has 1 saturated heterocycles. The minimum atomic E-state index is 0.0509. The molecule has 4 rings (SSSR count). The van der Waals surface area contributed by atoms with Gasteiger partial charge < -0.3 is 9.64 Å². The summed E-state index contributed by atoms with van der Waals surface area (Å²) in [7, 11) is 1.62. The molecule has 1 aliphatic rings. The second-order valence-corrected chi connectivity index (χ2v) is 6.90. The monoisotopic (exact) mass is 378 g/mol. The summed E-state index contributed by atoms with van der Waals surface area (Å²) in [6.07, 6.45) is 5.44. The third-order valence-corrected chi connectivity index (χ3v) is 4.94. The Bertz CT molecular complexity index is 925. The van der Waals surface area contributed by atoms with Crippen LogP contribution in [0.4, 0.5) is 0 Å². The van der Waals surface area contributed by atoms with E-state index in [4.69, 9.17) is 4.74 Å². The van der Waals surface area contributed by atoms with Gasteiger partial charge in [-0.1, -0.05) is 0 Å². The van der Waals surface area contributed by atoms with Gasteiger partial charge >= 0.3 is 0 Å². The Labute approximate surface area is 163 Å². The number of nitrogens with zero attached hydrogens (tertiary/aromatic N) is 6. The molecule has 1 aromatic carbocycles. The minimum absolute atomic E-state index is 0.0509. The standard InChI is InChI=1S/C20H22N6O2/c1-28-18-8-6-16(7-9-18)20(27)25-11-3-4-15(13-25)14-26-23-19(22-24-26)17-5-2-10-21-12-17/h2,5-10,12,15H,3-4,11,13-14H2,1H3/t15-/m1/s1. The van der Waals surface area contributed by atoms with E-state index in [2.05, 4.69) is 20.4 Å². The first-order valence-electron chi connectivity index (χ1n) is 9.34. The van der Waals surface area contributed by atoms with E-state index in [-0.39, 0.29) is 5.91 Å². The van der Waals surface area contributed by atoms with Crippen LogP contribution in [0.15, 0.2) is 48.8 Å². The number of likely N-dealkylation sites (tertiary alicyclic amines) is 1. The lowest BCUT2D eigenvalue weighted by Gasteiger charge is -2.32. The highest BCUT2D eigenvalue weighted by molar-refractivity contribution is 5.94. The van der Waals surface area contributed by atoms with E-state index < -0.39 is 0 Å². The Morgan fingerprint density at radius 3 is 2.86 bits per heavy atom. The Morgan fingerprint density at radius 1 is 1.25 bits per heavy atom. The quantitative estimate of drug-likeness (QED) is 0.677. The molecule has 8 nitrogen and oxygen atoms in total. The predicted octanol–water partition coefficient (Wildman–Crippen LogP) is 2.30. The highest BCUT2D eigenvalue weighted by Crippen LogP contribution is 2.21. The number of piperidine rings is 1. The molecule has 0 aliphatic carbocycles. The molecule has 1 aliphatic heterocycles. The fourth-order valence-corrected chi connectivity index (χ4v) is 3.48.